The van der Waals surface area contributed by atoms with E-state index in [0.717, 1.165) is 5.56 Å². The molecule has 18 heavy (non-hydrogen) atoms. The maximum atomic E-state index is 10.7. The van der Waals surface area contributed by atoms with Gasteiger partial charge in [-0.2, -0.15) is 0 Å². The topological polar surface area (TPSA) is 88.0 Å². The van der Waals surface area contributed by atoms with Crippen LogP contribution in [-0.4, -0.2) is 32.3 Å². The van der Waals surface area contributed by atoms with Gasteiger partial charge in [-0.1, -0.05) is 0 Å². The maximum Gasteiger partial charge on any atom is 0.325 e. The Hall–Kier alpha value is -2.50. The molecule has 0 aliphatic carbocycles. The zero-order valence-electron chi connectivity index (χ0n) is 9.74. The van der Waals surface area contributed by atoms with Crippen LogP contribution in [0.5, 0.6) is 0 Å². The number of hydrogen-bond acceptors (Lipinski definition) is 5. The van der Waals surface area contributed by atoms with Crippen molar-refractivity contribution in [3.8, 4) is 11.3 Å². The molecule has 0 bridgehead atoms. The Bertz CT molecular complexity index is 528. The largest absolute Gasteiger partial charge is 0.480 e. The van der Waals surface area contributed by atoms with Gasteiger partial charge in [0.05, 0.1) is 5.69 Å². The number of nitrogens with one attached hydrogen (secondary N) is 1. The number of carboxylic acids is 1. The van der Waals surface area contributed by atoms with E-state index in [1.807, 2.05) is 12.1 Å². The highest BCUT2D eigenvalue weighted by atomic mass is 16.4. The lowest BCUT2D eigenvalue weighted by molar-refractivity contribution is -0.137. The van der Waals surface area contributed by atoms with E-state index < -0.39 is 12.0 Å². The molecule has 2 N–H and O–H groups in total. The third-order valence-corrected chi connectivity index (χ3v) is 2.36. The van der Waals surface area contributed by atoms with Crippen molar-refractivity contribution in [3.63, 3.8) is 0 Å². The van der Waals surface area contributed by atoms with Gasteiger partial charge in [-0.05, 0) is 31.2 Å². The number of rotatable bonds is 4. The van der Waals surface area contributed by atoms with Crippen LogP contribution < -0.4 is 5.32 Å². The van der Waals surface area contributed by atoms with Crippen molar-refractivity contribution in [2.24, 2.45) is 0 Å². The molecule has 1 unspecified atom stereocenters. The van der Waals surface area contributed by atoms with Crippen LogP contribution in [0, 0.1) is 0 Å². The molecule has 0 radical (unpaired) electrons. The second kappa shape index (κ2) is 5.22. The molecule has 2 rings (SSSR count). The Balaban J connectivity index is 2.13. The molecule has 0 spiro atoms. The lowest BCUT2D eigenvalue weighted by atomic mass is 10.2. The van der Waals surface area contributed by atoms with Crippen molar-refractivity contribution in [1.29, 1.82) is 0 Å². The van der Waals surface area contributed by atoms with Gasteiger partial charge in [-0.25, -0.2) is 0 Å². The third-order valence-electron chi connectivity index (χ3n) is 2.36. The molecule has 2 heterocycles. The average Bonchev–Trinajstić information content (AvgIpc) is 2.40. The summed E-state index contributed by atoms with van der Waals surface area (Å²) in [5, 5.41) is 19.4. The minimum Gasteiger partial charge on any atom is -0.480 e. The number of carbonyl (C=O) groups is 1. The van der Waals surface area contributed by atoms with Crippen LogP contribution in [0.2, 0.25) is 0 Å². The summed E-state index contributed by atoms with van der Waals surface area (Å²) in [6, 6.07) is 6.44. The minimum atomic E-state index is -0.937. The standard InChI is InChI=1S/C12H12N4O2/c1-8(12(17)18)14-11-5-4-10(15-16-11)9-3-2-6-13-7-9/h2-8H,1H3,(H,14,16)(H,17,18). The SMILES string of the molecule is CC(Nc1ccc(-c2cccnc2)nn1)C(=O)O. The summed E-state index contributed by atoms with van der Waals surface area (Å²) in [4.78, 5) is 14.7. The van der Waals surface area contributed by atoms with Gasteiger partial charge in [-0.3, -0.25) is 9.78 Å². The van der Waals surface area contributed by atoms with Gasteiger partial charge in [0.15, 0.2) is 0 Å². The van der Waals surface area contributed by atoms with Crippen LogP contribution in [0.4, 0.5) is 5.82 Å². The number of hydrogen-bond donors (Lipinski definition) is 2. The molecule has 0 amide bonds. The zero-order chi connectivity index (χ0) is 13.0. The van der Waals surface area contributed by atoms with E-state index in [1.54, 1.807) is 31.5 Å². The highest BCUT2D eigenvalue weighted by Crippen LogP contribution is 2.15. The van der Waals surface area contributed by atoms with Crippen LogP contribution in [0.3, 0.4) is 0 Å². The summed E-state index contributed by atoms with van der Waals surface area (Å²) in [5.41, 5.74) is 1.56. The van der Waals surface area contributed by atoms with Crippen molar-refractivity contribution >= 4 is 11.8 Å². The van der Waals surface area contributed by atoms with Crippen molar-refractivity contribution in [2.45, 2.75) is 13.0 Å². The summed E-state index contributed by atoms with van der Waals surface area (Å²) in [5.74, 6) is -0.509. The molecule has 0 aromatic carbocycles. The van der Waals surface area contributed by atoms with Gasteiger partial charge >= 0.3 is 5.97 Å². The van der Waals surface area contributed by atoms with Gasteiger partial charge in [0, 0.05) is 18.0 Å². The van der Waals surface area contributed by atoms with E-state index in [1.165, 1.54) is 0 Å². The summed E-state index contributed by atoms with van der Waals surface area (Å²) >= 11 is 0. The zero-order valence-corrected chi connectivity index (χ0v) is 9.74. The molecule has 92 valence electrons. The van der Waals surface area contributed by atoms with Crippen molar-refractivity contribution in [3.05, 3.63) is 36.7 Å². The van der Waals surface area contributed by atoms with E-state index >= 15 is 0 Å². The summed E-state index contributed by atoms with van der Waals surface area (Å²) in [7, 11) is 0. The van der Waals surface area contributed by atoms with Gasteiger partial charge in [0.25, 0.3) is 0 Å². The number of anilines is 1. The lowest BCUT2D eigenvalue weighted by Crippen LogP contribution is -2.25. The highest BCUT2D eigenvalue weighted by Gasteiger charge is 2.11. The molecule has 0 saturated carbocycles. The smallest absolute Gasteiger partial charge is 0.325 e. The third kappa shape index (κ3) is 2.79. The van der Waals surface area contributed by atoms with E-state index in [-0.39, 0.29) is 0 Å². The number of aromatic nitrogens is 3. The van der Waals surface area contributed by atoms with E-state index in [4.69, 9.17) is 5.11 Å². The normalized spacial score (nSPS) is 11.8. The van der Waals surface area contributed by atoms with Crippen LogP contribution >= 0.6 is 0 Å². The molecule has 1 atom stereocenters. The predicted molar refractivity (Wildman–Crippen MR) is 66.0 cm³/mol. The first-order chi connectivity index (χ1) is 8.66. The molecule has 2 aromatic heterocycles. The number of aliphatic carboxylic acids is 1. The first-order valence-corrected chi connectivity index (χ1v) is 5.40. The van der Waals surface area contributed by atoms with E-state index in [2.05, 4.69) is 20.5 Å². The molecule has 0 aliphatic rings. The number of pyridine rings is 1. The van der Waals surface area contributed by atoms with Crippen LogP contribution in [-0.2, 0) is 4.79 Å². The molecule has 2 aromatic rings. The van der Waals surface area contributed by atoms with Crippen molar-refractivity contribution in [2.75, 3.05) is 5.32 Å². The van der Waals surface area contributed by atoms with Gasteiger partial charge in [0.2, 0.25) is 0 Å². The van der Waals surface area contributed by atoms with E-state index in [0.29, 0.717) is 11.5 Å². The van der Waals surface area contributed by atoms with Crippen LogP contribution in [0.1, 0.15) is 6.92 Å². The Morgan fingerprint density at radius 2 is 2.17 bits per heavy atom. The Morgan fingerprint density at radius 1 is 1.33 bits per heavy atom. The molecule has 0 saturated heterocycles. The van der Waals surface area contributed by atoms with Crippen molar-refractivity contribution in [1.82, 2.24) is 15.2 Å². The molecule has 0 aliphatic heterocycles. The Kier molecular flexibility index (Phi) is 3.47. The second-order valence-corrected chi connectivity index (χ2v) is 3.75. The van der Waals surface area contributed by atoms with Gasteiger partial charge in [0.1, 0.15) is 11.9 Å². The fraction of sp³-hybridized carbons (Fsp3) is 0.167. The quantitative estimate of drug-likeness (QED) is 0.845. The molecule has 6 heteroatoms. The van der Waals surface area contributed by atoms with E-state index in [9.17, 15) is 4.79 Å². The summed E-state index contributed by atoms with van der Waals surface area (Å²) < 4.78 is 0. The second-order valence-electron chi connectivity index (χ2n) is 3.75. The van der Waals surface area contributed by atoms with Crippen LogP contribution in [0.25, 0.3) is 11.3 Å². The fourth-order valence-electron chi connectivity index (χ4n) is 1.36. The Labute approximate surface area is 104 Å². The van der Waals surface area contributed by atoms with Gasteiger partial charge in [-0.15, -0.1) is 10.2 Å². The molecule has 6 nitrogen and oxygen atoms in total. The predicted octanol–water partition coefficient (Wildman–Crippen LogP) is 1.42. The number of carboxylic acid groups (broad SMARTS) is 1. The number of nitrogens with zero attached hydrogens (tertiary/aromatic N) is 3. The minimum absolute atomic E-state index is 0.428. The highest BCUT2D eigenvalue weighted by molar-refractivity contribution is 5.76. The summed E-state index contributed by atoms with van der Waals surface area (Å²) in [6.45, 7) is 1.54. The lowest BCUT2D eigenvalue weighted by Gasteiger charge is -2.09. The monoisotopic (exact) mass is 244 g/mol. The Morgan fingerprint density at radius 3 is 2.72 bits per heavy atom. The van der Waals surface area contributed by atoms with Crippen LogP contribution in [0.15, 0.2) is 36.7 Å². The summed E-state index contributed by atoms with van der Waals surface area (Å²) in [6.07, 6.45) is 3.37. The van der Waals surface area contributed by atoms with Crippen molar-refractivity contribution < 1.29 is 9.90 Å². The first-order valence-electron chi connectivity index (χ1n) is 5.40. The maximum absolute atomic E-state index is 10.7. The fourth-order valence-corrected chi connectivity index (χ4v) is 1.36. The van der Waals surface area contributed by atoms with Gasteiger partial charge < -0.3 is 10.4 Å². The molecular weight excluding hydrogens is 232 g/mol. The first kappa shape index (κ1) is 12.0. The molecule has 0 fully saturated rings. The molecular formula is C12H12N4O2. The average molecular weight is 244 g/mol.